The Morgan fingerprint density at radius 2 is 1.46 bits per heavy atom. The Labute approximate surface area is 165 Å². The Balaban J connectivity index is 1.66. The molecule has 5 heteroatoms. The molecule has 0 aromatic heterocycles. The van der Waals surface area contributed by atoms with Crippen molar-refractivity contribution >= 4 is 33.4 Å². The third kappa shape index (κ3) is 6.60. The van der Waals surface area contributed by atoms with Gasteiger partial charge in [0, 0.05) is 22.8 Å². The molecular formula is C21H29BrN2O2. The van der Waals surface area contributed by atoms with Crippen LogP contribution in [-0.4, -0.2) is 23.3 Å². The van der Waals surface area contributed by atoms with Gasteiger partial charge in [-0.3, -0.25) is 14.5 Å². The lowest BCUT2D eigenvalue weighted by molar-refractivity contribution is -0.137. The molecule has 26 heavy (non-hydrogen) atoms. The number of anilines is 1. The van der Waals surface area contributed by atoms with Crippen LogP contribution in [0.1, 0.15) is 64.7 Å². The van der Waals surface area contributed by atoms with Crippen LogP contribution in [-0.2, 0) is 9.59 Å². The van der Waals surface area contributed by atoms with Gasteiger partial charge in [-0.1, -0.05) is 74.2 Å². The summed E-state index contributed by atoms with van der Waals surface area (Å²) in [7, 11) is 0. The zero-order chi connectivity index (χ0) is 18.8. The molecule has 2 amide bonds. The molecule has 142 valence electrons. The van der Waals surface area contributed by atoms with E-state index >= 15 is 0 Å². The molecule has 0 saturated carbocycles. The molecule has 1 aliphatic rings. The smallest absolute Gasteiger partial charge is 0.277 e. The first kappa shape index (κ1) is 20.7. The van der Waals surface area contributed by atoms with Crippen LogP contribution in [0.5, 0.6) is 0 Å². The molecule has 0 fully saturated rings. The van der Waals surface area contributed by atoms with Crippen molar-refractivity contribution in [3.05, 3.63) is 40.5 Å². The van der Waals surface area contributed by atoms with Crippen molar-refractivity contribution in [2.45, 2.75) is 64.7 Å². The molecule has 0 atom stereocenters. The summed E-state index contributed by atoms with van der Waals surface area (Å²) in [5.74, 6) is -0.438. The zero-order valence-electron chi connectivity index (χ0n) is 15.6. The number of nitrogens with one attached hydrogen (secondary N) is 1. The van der Waals surface area contributed by atoms with Crippen molar-refractivity contribution < 1.29 is 9.59 Å². The second kappa shape index (κ2) is 11.2. The Morgan fingerprint density at radius 3 is 2.08 bits per heavy atom. The molecule has 0 aliphatic carbocycles. The summed E-state index contributed by atoms with van der Waals surface area (Å²) in [5.41, 5.74) is 1.15. The summed E-state index contributed by atoms with van der Waals surface area (Å²) < 4.78 is 0.970. The van der Waals surface area contributed by atoms with E-state index in [1.165, 1.54) is 55.9 Å². The monoisotopic (exact) mass is 420 g/mol. The average Bonchev–Trinajstić information content (AvgIpc) is 2.89. The summed E-state index contributed by atoms with van der Waals surface area (Å²) in [6.07, 6.45) is 12.4. The van der Waals surface area contributed by atoms with Gasteiger partial charge in [0.25, 0.3) is 11.8 Å². The van der Waals surface area contributed by atoms with E-state index in [4.69, 9.17) is 0 Å². The topological polar surface area (TPSA) is 49.4 Å². The Kier molecular flexibility index (Phi) is 8.89. The molecule has 0 saturated heterocycles. The number of amides is 2. The van der Waals surface area contributed by atoms with Crippen LogP contribution in [0.25, 0.3) is 0 Å². The maximum atomic E-state index is 12.4. The quantitative estimate of drug-likeness (QED) is 0.351. The maximum absolute atomic E-state index is 12.4. The highest BCUT2D eigenvalue weighted by Gasteiger charge is 2.30. The largest absolute Gasteiger partial charge is 0.351 e. The van der Waals surface area contributed by atoms with Gasteiger partial charge in [0.05, 0.1) is 0 Å². The van der Waals surface area contributed by atoms with Crippen LogP contribution >= 0.6 is 15.9 Å². The average molecular weight is 421 g/mol. The van der Waals surface area contributed by atoms with Crippen molar-refractivity contribution in [2.24, 2.45) is 0 Å². The molecule has 2 rings (SSSR count). The number of unbranched alkanes of at least 4 members (excludes halogenated alkanes) is 8. The summed E-state index contributed by atoms with van der Waals surface area (Å²) >= 11 is 3.38. The molecule has 1 heterocycles. The number of hydrogen-bond acceptors (Lipinski definition) is 3. The lowest BCUT2D eigenvalue weighted by atomic mass is 10.1. The van der Waals surface area contributed by atoms with Gasteiger partial charge in [-0.25, -0.2) is 0 Å². The first-order valence-electron chi connectivity index (χ1n) is 9.72. The number of carbonyl (C=O) groups excluding carboxylic acids is 2. The highest BCUT2D eigenvalue weighted by atomic mass is 79.9. The lowest BCUT2D eigenvalue weighted by Crippen LogP contribution is -2.33. The first-order chi connectivity index (χ1) is 12.6. The molecule has 0 spiro atoms. The van der Waals surface area contributed by atoms with E-state index < -0.39 is 0 Å². The third-order valence-electron chi connectivity index (χ3n) is 4.62. The number of benzene rings is 1. The SMILES string of the molecule is CCCCCCCCCCCN1C(=O)C=C(Nc2ccc(Br)cc2)C1=O. The normalized spacial score (nSPS) is 14.1. The fourth-order valence-electron chi connectivity index (χ4n) is 3.08. The van der Waals surface area contributed by atoms with Gasteiger partial charge < -0.3 is 5.32 Å². The van der Waals surface area contributed by atoms with E-state index in [-0.39, 0.29) is 11.8 Å². The molecule has 0 bridgehead atoms. The number of hydrogen-bond donors (Lipinski definition) is 1. The summed E-state index contributed by atoms with van der Waals surface area (Å²) in [5, 5.41) is 3.04. The number of carbonyl (C=O) groups is 2. The minimum Gasteiger partial charge on any atom is -0.351 e. The van der Waals surface area contributed by atoms with Gasteiger partial charge in [0.1, 0.15) is 5.70 Å². The fourth-order valence-corrected chi connectivity index (χ4v) is 3.34. The van der Waals surface area contributed by atoms with Gasteiger partial charge in [0.15, 0.2) is 0 Å². The van der Waals surface area contributed by atoms with Crippen molar-refractivity contribution in [1.29, 1.82) is 0 Å². The van der Waals surface area contributed by atoms with E-state index in [1.807, 2.05) is 24.3 Å². The third-order valence-corrected chi connectivity index (χ3v) is 5.15. The molecule has 0 unspecified atom stereocenters. The predicted molar refractivity (Wildman–Crippen MR) is 110 cm³/mol. The fraction of sp³-hybridized carbons (Fsp3) is 0.524. The number of imide groups is 1. The molecule has 1 N–H and O–H groups in total. The Morgan fingerprint density at radius 1 is 0.885 bits per heavy atom. The van der Waals surface area contributed by atoms with E-state index in [0.717, 1.165) is 23.0 Å². The van der Waals surface area contributed by atoms with Gasteiger partial charge >= 0.3 is 0 Å². The minimum absolute atomic E-state index is 0.214. The Bertz CT molecular complexity index is 625. The molecule has 0 radical (unpaired) electrons. The van der Waals surface area contributed by atoms with Crippen molar-refractivity contribution in [2.75, 3.05) is 11.9 Å². The molecular weight excluding hydrogens is 392 g/mol. The summed E-state index contributed by atoms with van der Waals surface area (Å²) in [4.78, 5) is 25.9. The van der Waals surface area contributed by atoms with Crippen LogP contribution < -0.4 is 5.32 Å². The molecule has 1 aliphatic heterocycles. The van der Waals surface area contributed by atoms with Gasteiger partial charge in [-0.05, 0) is 30.7 Å². The van der Waals surface area contributed by atoms with E-state index in [9.17, 15) is 9.59 Å². The standard InChI is InChI=1S/C21H29BrN2O2/c1-2-3-4-5-6-7-8-9-10-15-24-20(25)16-19(21(24)26)23-18-13-11-17(22)12-14-18/h11-14,16,23H,2-10,15H2,1H3. The molecule has 4 nitrogen and oxygen atoms in total. The zero-order valence-corrected chi connectivity index (χ0v) is 17.2. The van der Waals surface area contributed by atoms with Crippen molar-refractivity contribution in [3.8, 4) is 0 Å². The van der Waals surface area contributed by atoms with Crippen LogP contribution in [0, 0.1) is 0 Å². The van der Waals surface area contributed by atoms with Gasteiger partial charge in [0.2, 0.25) is 0 Å². The molecule has 1 aromatic carbocycles. The minimum atomic E-state index is -0.225. The second-order valence-corrected chi connectivity index (χ2v) is 7.73. The van der Waals surface area contributed by atoms with Crippen LogP contribution in [0.2, 0.25) is 0 Å². The van der Waals surface area contributed by atoms with Crippen LogP contribution in [0.3, 0.4) is 0 Å². The first-order valence-corrected chi connectivity index (χ1v) is 10.5. The highest BCUT2D eigenvalue weighted by molar-refractivity contribution is 9.10. The summed E-state index contributed by atoms with van der Waals surface area (Å²) in [6.45, 7) is 2.74. The molecule has 1 aromatic rings. The lowest BCUT2D eigenvalue weighted by Gasteiger charge is -2.15. The van der Waals surface area contributed by atoms with Crippen molar-refractivity contribution in [3.63, 3.8) is 0 Å². The number of nitrogens with zero attached hydrogens (tertiary/aromatic N) is 1. The highest BCUT2D eigenvalue weighted by Crippen LogP contribution is 2.20. The number of halogens is 1. The van der Waals surface area contributed by atoms with E-state index in [0.29, 0.717) is 12.2 Å². The van der Waals surface area contributed by atoms with Gasteiger partial charge in [-0.15, -0.1) is 0 Å². The van der Waals surface area contributed by atoms with E-state index in [1.54, 1.807) is 0 Å². The Hall–Kier alpha value is -1.62. The predicted octanol–water partition coefficient (Wildman–Crippen LogP) is 5.64. The van der Waals surface area contributed by atoms with Crippen LogP contribution in [0.15, 0.2) is 40.5 Å². The van der Waals surface area contributed by atoms with Crippen LogP contribution in [0.4, 0.5) is 5.69 Å². The number of rotatable bonds is 12. The van der Waals surface area contributed by atoms with Crippen molar-refractivity contribution in [1.82, 2.24) is 4.90 Å². The van der Waals surface area contributed by atoms with E-state index in [2.05, 4.69) is 28.2 Å². The maximum Gasteiger partial charge on any atom is 0.277 e. The van der Waals surface area contributed by atoms with Gasteiger partial charge in [-0.2, -0.15) is 0 Å². The summed E-state index contributed by atoms with van der Waals surface area (Å²) in [6, 6.07) is 7.52. The second-order valence-electron chi connectivity index (χ2n) is 6.81.